The van der Waals surface area contributed by atoms with E-state index in [0.717, 1.165) is 5.56 Å². The molecular formula is C14H20O4. The summed E-state index contributed by atoms with van der Waals surface area (Å²) in [6.45, 7) is 4.34. The number of carbonyl (C=O) groups is 1. The van der Waals surface area contributed by atoms with Crippen molar-refractivity contribution >= 4 is 5.97 Å². The number of benzene rings is 1. The lowest BCUT2D eigenvalue weighted by atomic mass is 10.0. The van der Waals surface area contributed by atoms with E-state index in [1.807, 2.05) is 6.07 Å². The summed E-state index contributed by atoms with van der Waals surface area (Å²) in [5.41, 5.74) is 1.49. The van der Waals surface area contributed by atoms with Crippen LogP contribution in [0.3, 0.4) is 0 Å². The van der Waals surface area contributed by atoms with Crippen LogP contribution in [0.5, 0.6) is 5.75 Å². The Balaban J connectivity index is 2.89. The van der Waals surface area contributed by atoms with Gasteiger partial charge in [-0.1, -0.05) is 19.9 Å². The molecule has 18 heavy (non-hydrogen) atoms. The van der Waals surface area contributed by atoms with E-state index in [9.17, 15) is 4.79 Å². The molecule has 1 aromatic carbocycles. The standard InChI is InChI=1S/C14H20O4/c1-10(2)11-5-6-13(17-3)12(9-11)14(16)18-8-4-7-15/h5-6,9-10,15H,4,7-8H2,1-3H3. The minimum absolute atomic E-state index is 0.0104. The summed E-state index contributed by atoms with van der Waals surface area (Å²) in [6, 6.07) is 5.51. The van der Waals surface area contributed by atoms with Gasteiger partial charge in [0.2, 0.25) is 0 Å². The van der Waals surface area contributed by atoms with Crippen molar-refractivity contribution in [2.24, 2.45) is 0 Å². The fourth-order valence-electron chi connectivity index (χ4n) is 1.55. The fourth-order valence-corrected chi connectivity index (χ4v) is 1.55. The SMILES string of the molecule is COc1ccc(C(C)C)cc1C(=O)OCCCO. The number of rotatable bonds is 6. The molecule has 1 rings (SSSR count). The van der Waals surface area contributed by atoms with Crippen molar-refractivity contribution in [1.82, 2.24) is 0 Å². The van der Waals surface area contributed by atoms with Gasteiger partial charge in [-0.2, -0.15) is 0 Å². The summed E-state index contributed by atoms with van der Waals surface area (Å²) in [5.74, 6) is 0.427. The highest BCUT2D eigenvalue weighted by Crippen LogP contribution is 2.24. The Hall–Kier alpha value is -1.55. The van der Waals surface area contributed by atoms with E-state index in [1.165, 1.54) is 7.11 Å². The molecule has 1 aromatic rings. The maximum Gasteiger partial charge on any atom is 0.341 e. The third kappa shape index (κ3) is 3.74. The first-order valence-electron chi connectivity index (χ1n) is 6.06. The third-order valence-electron chi connectivity index (χ3n) is 2.65. The lowest BCUT2D eigenvalue weighted by Gasteiger charge is -2.12. The Kier molecular flexibility index (Phi) is 5.65. The van der Waals surface area contributed by atoms with Crippen LogP contribution in [0.1, 0.15) is 42.1 Å². The highest BCUT2D eigenvalue weighted by atomic mass is 16.5. The highest BCUT2D eigenvalue weighted by Gasteiger charge is 2.15. The van der Waals surface area contributed by atoms with Crippen LogP contribution in [0.15, 0.2) is 18.2 Å². The Bertz CT molecular complexity index is 399. The van der Waals surface area contributed by atoms with E-state index < -0.39 is 5.97 Å². The van der Waals surface area contributed by atoms with Gasteiger partial charge in [0.15, 0.2) is 0 Å². The summed E-state index contributed by atoms with van der Waals surface area (Å²) in [6.07, 6.45) is 0.442. The molecule has 0 bridgehead atoms. The van der Waals surface area contributed by atoms with Crippen molar-refractivity contribution in [3.05, 3.63) is 29.3 Å². The van der Waals surface area contributed by atoms with Gasteiger partial charge in [0.05, 0.1) is 13.7 Å². The maximum atomic E-state index is 11.9. The number of carbonyl (C=O) groups excluding carboxylic acids is 1. The van der Waals surface area contributed by atoms with Crippen LogP contribution < -0.4 is 4.74 Å². The van der Waals surface area contributed by atoms with E-state index in [4.69, 9.17) is 14.6 Å². The molecule has 0 aliphatic heterocycles. The van der Waals surface area contributed by atoms with Crippen LogP contribution in [0, 0.1) is 0 Å². The predicted octanol–water partition coefficient (Wildman–Crippen LogP) is 2.36. The molecule has 0 fully saturated rings. The smallest absolute Gasteiger partial charge is 0.341 e. The lowest BCUT2D eigenvalue weighted by Crippen LogP contribution is -2.09. The second-order valence-electron chi connectivity index (χ2n) is 4.33. The van der Waals surface area contributed by atoms with Crippen molar-refractivity contribution in [2.75, 3.05) is 20.3 Å². The maximum absolute atomic E-state index is 11.9. The van der Waals surface area contributed by atoms with Crippen LogP contribution in [0.25, 0.3) is 0 Å². The lowest BCUT2D eigenvalue weighted by molar-refractivity contribution is 0.0478. The van der Waals surface area contributed by atoms with E-state index in [0.29, 0.717) is 23.7 Å². The van der Waals surface area contributed by atoms with E-state index in [1.54, 1.807) is 12.1 Å². The van der Waals surface area contributed by atoms with Crippen LogP contribution in [0.4, 0.5) is 0 Å². The molecule has 0 spiro atoms. The number of methoxy groups -OCH3 is 1. The van der Waals surface area contributed by atoms with Crippen molar-refractivity contribution in [2.45, 2.75) is 26.2 Å². The topological polar surface area (TPSA) is 55.8 Å². The molecule has 0 radical (unpaired) electrons. The van der Waals surface area contributed by atoms with E-state index in [-0.39, 0.29) is 13.2 Å². The fraction of sp³-hybridized carbons (Fsp3) is 0.500. The summed E-state index contributed by atoms with van der Waals surface area (Å²) in [4.78, 5) is 11.9. The molecule has 0 unspecified atom stereocenters. The van der Waals surface area contributed by atoms with E-state index in [2.05, 4.69) is 13.8 Å². The second-order valence-corrected chi connectivity index (χ2v) is 4.33. The van der Waals surface area contributed by atoms with Crippen molar-refractivity contribution < 1.29 is 19.4 Å². The molecule has 0 aromatic heterocycles. The predicted molar refractivity (Wildman–Crippen MR) is 69.1 cm³/mol. The zero-order valence-electron chi connectivity index (χ0n) is 11.1. The third-order valence-corrected chi connectivity index (χ3v) is 2.65. The number of ether oxygens (including phenoxy) is 2. The number of aliphatic hydroxyl groups excluding tert-OH is 1. The minimum atomic E-state index is -0.414. The number of hydrogen-bond acceptors (Lipinski definition) is 4. The molecule has 4 heteroatoms. The van der Waals surface area contributed by atoms with Gasteiger partial charge in [-0.05, 0) is 23.6 Å². The van der Waals surface area contributed by atoms with Crippen LogP contribution in [-0.4, -0.2) is 31.4 Å². The van der Waals surface area contributed by atoms with Gasteiger partial charge in [0, 0.05) is 13.0 Å². The Morgan fingerprint density at radius 1 is 1.39 bits per heavy atom. The molecule has 0 saturated heterocycles. The molecule has 1 N–H and O–H groups in total. The molecule has 4 nitrogen and oxygen atoms in total. The molecule has 100 valence electrons. The van der Waals surface area contributed by atoms with Gasteiger partial charge in [0.1, 0.15) is 11.3 Å². The van der Waals surface area contributed by atoms with Crippen molar-refractivity contribution in [1.29, 1.82) is 0 Å². The largest absolute Gasteiger partial charge is 0.496 e. The zero-order chi connectivity index (χ0) is 13.5. The van der Waals surface area contributed by atoms with Crippen LogP contribution >= 0.6 is 0 Å². The second kappa shape index (κ2) is 7.01. The monoisotopic (exact) mass is 252 g/mol. The summed E-state index contributed by atoms with van der Waals surface area (Å²) >= 11 is 0. The van der Waals surface area contributed by atoms with Gasteiger partial charge >= 0.3 is 5.97 Å². The normalized spacial score (nSPS) is 10.5. The van der Waals surface area contributed by atoms with Gasteiger partial charge < -0.3 is 14.6 Å². The van der Waals surface area contributed by atoms with Crippen LogP contribution in [-0.2, 0) is 4.74 Å². The molecule has 0 saturated carbocycles. The molecule has 0 aliphatic carbocycles. The first kappa shape index (κ1) is 14.5. The van der Waals surface area contributed by atoms with Crippen LogP contribution in [0.2, 0.25) is 0 Å². The number of aliphatic hydroxyl groups is 1. The van der Waals surface area contributed by atoms with Crippen molar-refractivity contribution in [3.63, 3.8) is 0 Å². The first-order chi connectivity index (χ1) is 8.60. The minimum Gasteiger partial charge on any atom is -0.496 e. The average molecular weight is 252 g/mol. The van der Waals surface area contributed by atoms with Gasteiger partial charge in [0.25, 0.3) is 0 Å². The summed E-state index contributed by atoms with van der Waals surface area (Å²) < 4.78 is 10.2. The Labute approximate surface area is 108 Å². The molecular weight excluding hydrogens is 232 g/mol. The Morgan fingerprint density at radius 3 is 2.67 bits per heavy atom. The Morgan fingerprint density at radius 2 is 2.11 bits per heavy atom. The molecule has 0 aliphatic rings. The van der Waals surface area contributed by atoms with Gasteiger partial charge in [-0.15, -0.1) is 0 Å². The highest BCUT2D eigenvalue weighted by molar-refractivity contribution is 5.92. The quantitative estimate of drug-likeness (QED) is 0.623. The number of hydrogen-bond donors (Lipinski definition) is 1. The van der Waals surface area contributed by atoms with Crippen molar-refractivity contribution in [3.8, 4) is 5.75 Å². The van der Waals surface area contributed by atoms with Gasteiger partial charge in [-0.3, -0.25) is 0 Å². The molecule has 0 heterocycles. The van der Waals surface area contributed by atoms with Gasteiger partial charge in [-0.25, -0.2) is 4.79 Å². The first-order valence-corrected chi connectivity index (χ1v) is 6.06. The average Bonchev–Trinajstić information content (AvgIpc) is 2.38. The molecule has 0 atom stereocenters. The molecule has 0 amide bonds. The number of esters is 1. The summed E-state index contributed by atoms with van der Waals surface area (Å²) in [7, 11) is 1.52. The summed E-state index contributed by atoms with van der Waals surface area (Å²) in [5, 5.41) is 8.65. The zero-order valence-corrected chi connectivity index (χ0v) is 11.1. The van der Waals surface area contributed by atoms with E-state index >= 15 is 0 Å².